The standard InChI is InChI=1S/C18H17N3O/c1-3-13-9-10-16-15(11-13)18(14-7-5-4-6-8-14)21(22)12-17(19-2)20-16/h1,4-11,18,22H,12H2,2H3,(H,19,20). The van der Waals surface area contributed by atoms with Gasteiger partial charge in [-0.1, -0.05) is 36.3 Å². The normalized spacial score (nSPS) is 19.9. The van der Waals surface area contributed by atoms with Crippen LogP contribution in [0, 0.1) is 12.3 Å². The molecule has 110 valence electrons. The Balaban J connectivity index is 2.19. The molecule has 1 aliphatic heterocycles. The van der Waals surface area contributed by atoms with Crippen LogP contribution in [0.1, 0.15) is 22.7 Å². The second-order valence-electron chi connectivity index (χ2n) is 5.15. The van der Waals surface area contributed by atoms with Crippen molar-refractivity contribution in [2.24, 2.45) is 4.99 Å². The fourth-order valence-electron chi connectivity index (χ4n) is 2.71. The van der Waals surface area contributed by atoms with Crippen molar-refractivity contribution < 1.29 is 5.21 Å². The average Bonchev–Trinajstić information content (AvgIpc) is 2.70. The zero-order valence-corrected chi connectivity index (χ0v) is 12.3. The Kier molecular flexibility index (Phi) is 3.92. The smallest absolute Gasteiger partial charge is 0.117 e. The molecule has 1 aliphatic rings. The summed E-state index contributed by atoms with van der Waals surface area (Å²) in [6.07, 6.45) is 5.52. The summed E-state index contributed by atoms with van der Waals surface area (Å²) >= 11 is 0. The van der Waals surface area contributed by atoms with E-state index >= 15 is 0 Å². The molecule has 0 spiro atoms. The van der Waals surface area contributed by atoms with Gasteiger partial charge in [0.1, 0.15) is 5.84 Å². The first kappa shape index (κ1) is 14.3. The minimum absolute atomic E-state index is 0.295. The lowest BCUT2D eigenvalue weighted by Crippen LogP contribution is -2.31. The van der Waals surface area contributed by atoms with E-state index in [1.807, 2.05) is 48.5 Å². The zero-order valence-electron chi connectivity index (χ0n) is 12.3. The predicted molar refractivity (Wildman–Crippen MR) is 88.1 cm³/mol. The number of benzene rings is 2. The lowest BCUT2D eigenvalue weighted by Gasteiger charge is -2.25. The Labute approximate surface area is 130 Å². The highest BCUT2D eigenvalue weighted by Gasteiger charge is 2.28. The van der Waals surface area contributed by atoms with Crippen LogP contribution in [-0.2, 0) is 0 Å². The highest BCUT2D eigenvalue weighted by atomic mass is 16.5. The van der Waals surface area contributed by atoms with E-state index in [0.717, 1.165) is 22.4 Å². The third-order valence-electron chi connectivity index (χ3n) is 3.79. The second-order valence-corrected chi connectivity index (χ2v) is 5.15. The SMILES string of the molecule is C#Cc1ccc2c(c1)C(c1ccccc1)N(O)CC(=NC)N2. The molecule has 3 rings (SSSR count). The summed E-state index contributed by atoms with van der Waals surface area (Å²) in [5.41, 5.74) is 3.62. The predicted octanol–water partition coefficient (Wildman–Crippen LogP) is 2.90. The molecule has 2 N–H and O–H groups in total. The first-order valence-corrected chi connectivity index (χ1v) is 7.06. The maximum absolute atomic E-state index is 10.6. The van der Waals surface area contributed by atoms with E-state index in [4.69, 9.17) is 6.42 Å². The molecule has 1 heterocycles. The van der Waals surface area contributed by atoms with E-state index in [1.165, 1.54) is 5.06 Å². The number of hydrogen-bond acceptors (Lipinski definition) is 3. The van der Waals surface area contributed by atoms with E-state index in [2.05, 4.69) is 16.2 Å². The molecular formula is C18H17N3O. The van der Waals surface area contributed by atoms with Gasteiger partial charge in [-0.15, -0.1) is 6.42 Å². The van der Waals surface area contributed by atoms with E-state index in [1.54, 1.807) is 7.05 Å². The number of nitrogens with zero attached hydrogens (tertiary/aromatic N) is 2. The number of aliphatic imine (C=N–C) groups is 1. The minimum atomic E-state index is -0.295. The molecule has 4 nitrogen and oxygen atoms in total. The molecule has 22 heavy (non-hydrogen) atoms. The van der Waals surface area contributed by atoms with Crippen LogP contribution in [0.15, 0.2) is 53.5 Å². The lowest BCUT2D eigenvalue weighted by molar-refractivity contribution is -0.102. The van der Waals surface area contributed by atoms with Gasteiger partial charge in [0.15, 0.2) is 0 Å². The first-order chi connectivity index (χ1) is 10.7. The molecule has 4 heteroatoms. The molecule has 0 saturated heterocycles. The van der Waals surface area contributed by atoms with Gasteiger partial charge in [0.05, 0.1) is 12.6 Å². The average molecular weight is 291 g/mol. The quantitative estimate of drug-likeness (QED) is 0.794. The Morgan fingerprint density at radius 1 is 1.27 bits per heavy atom. The fraction of sp³-hybridized carbons (Fsp3) is 0.167. The Bertz CT molecular complexity index is 747. The highest BCUT2D eigenvalue weighted by Crippen LogP contribution is 2.35. The van der Waals surface area contributed by atoms with Gasteiger partial charge < -0.3 is 10.5 Å². The lowest BCUT2D eigenvalue weighted by atomic mass is 9.95. The van der Waals surface area contributed by atoms with E-state index in [0.29, 0.717) is 12.4 Å². The van der Waals surface area contributed by atoms with Crippen molar-refractivity contribution in [1.29, 1.82) is 0 Å². The van der Waals surface area contributed by atoms with Crippen molar-refractivity contribution in [2.45, 2.75) is 6.04 Å². The fourth-order valence-corrected chi connectivity index (χ4v) is 2.71. The molecule has 2 aromatic carbocycles. The summed E-state index contributed by atoms with van der Waals surface area (Å²) in [5.74, 6) is 3.36. The number of anilines is 1. The summed E-state index contributed by atoms with van der Waals surface area (Å²) in [6.45, 7) is 0.316. The molecule has 0 aromatic heterocycles. The van der Waals surface area contributed by atoms with Crippen molar-refractivity contribution in [3.63, 3.8) is 0 Å². The van der Waals surface area contributed by atoms with E-state index in [-0.39, 0.29) is 6.04 Å². The molecule has 2 aromatic rings. The molecular weight excluding hydrogens is 274 g/mol. The van der Waals surface area contributed by atoms with Crippen molar-refractivity contribution in [3.8, 4) is 12.3 Å². The van der Waals surface area contributed by atoms with Gasteiger partial charge in [-0.25, -0.2) is 0 Å². The molecule has 0 saturated carbocycles. The number of hydrogen-bond donors (Lipinski definition) is 2. The highest BCUT2D eigenvalue weighted by molar-refractivity contribution is 5.98. The molecule has 0 radical (unpaired) electrons. The Morgan fingerprint density at radius 2 is 2.05 bits per heavy atom. The van der Waals surface area contributed by atoms with E-state index < -0.39 is 0 Å². The number of amidine groups is 1. The number of hydroxylamine groups is 2. The van der Waals surface area contributed by atoms with Gasteiger partial charge in [-0.3, -0.25) is 4.99 Å². The summed E-state index contributed by atoms with van der Waals surface area (Å²) in [6, 6.07) is 15.3. The minimum Gasteiger partial charge on any atom is -0.343 e. The van der Waals surface area contributed by atoms with Crippen LogP contribution in [0.2, 0.25) is 0 Å². The third-order valence-corrected chi connectivity index (χ3v) is 3.79. The van der Waals surface area contributed by atoms with Gasteiger partial charge >= 0.3 is 0 Å². The van der Waals surface area contributed by atoms with Gasteiger partial charge in [0, 0.05) is 23.9 Å². The first-order valence-electron chi connectivity index (χ1n) is 7.06. The maximum atomic E-state index is 10.6. The number of terminal acetylenes is 1. The van der Waals surface area contributed by atoms with Crippen molar-refractivity contribution in [3.05, 3.63) is 65.2 Å². The molecule has 0 bridgehead atoms. The van der Waals surface area contributed by atoms with Crippen LogP contribution < -0.4 is 5.32 Å². The van der Waals surface area contributed by atoms with Gasteiger partial charge in [0.2, 0.25) is 0 Å². The molecule has 1 unspecified atom stereocenters. The number of rotatable bonds is 1. The summed E-state index contributed by atoms with van der Waals surface area (Å²) in [5, 5.41) is 15.1. The van der Waals surface area contributed by atoms with Crippen LogP contribution in [0.25, 0.3) is 0 Å². The largest absolute Gasteiger partial charge is 0.343 e. The molecule has 0 aliphatic carbocycles. The summed E-state index contributed by atoms with van der Waals surface area (Å²) in [7, 11) is 1.70. The summed E-state index contributed by atoms with van der Waals surface area (Å²) in [4.78, 5) is 4.19. The van der Waals surface area contributed by atoms with Crippen molar-refractivity contribution in [2.75, 3.05) is 18.9 Å². The van der Waals surface area contributed by atoms with Gasteiger partial charge in [-0.2, -0.15) is 5.06 Å². The Hall–Kier alpha value is -2.61. The van der Waals surface area contributed by atoms with Crippen molar-refractivity contribution >= 4 is 11.5 Å². The van der Waals surface area contributed by atoms with Crippen LogP contribution in [0.3, 0.4) is 0 Å². The van der Waals surface area contributed by atoms with Gasteiger partial charge in [-0.05, 0) is 23.8 Å². The monoisotopic (exact) mass is 291 g/mol. The van der Waals surface area contributed by atoms with Gasteiger partial charge in [0.25, 0.3) is 0 Å². The van der Waals surface area contributed by atoms with Crippen molar-refractivity contribution in [1.82, 2.24) is 5.06 Å². The molecule has 0 amide bonds. The van der Waals surface area contributed by atoms with E-state index in [9.17, 15) is 5.21 Å². The zero-order chi connectivity index (χ0) is 15.5. The topological polar surface area (TPSA) is 47.9 Å². The Morgan fingerprint density at radius 3 is 2.73 bits per heavy atom. The summed E-state index contributed by atoms with van der Waals surface area (Å²) < 4.78 is 0. The maximum Gasteiger partial charge on any atom is 0.117 e. The van der Waals surface area contributed by atoms with Crippen LogP contribution in [-0.4, -0.2) is 29.7 Å². The third kappa shape index (κ3) is 2.60. The molecule has 1 atom stereocenters. The van der Waals surface area contributed by atoms with Crippen LogP contribution >= 0.6 is 0 Å². The van der Waals surface area contributed by atoms with Crippen LogP contribution in [0.4, 0.5) is 5.69 Å². The number of nitrogens with one attached hydrogen (secondary N) is 1. The number of fused-ring (bicyclic) bond motifs is 1. The molecule has 0 fully saturated rings. The second kappa shape index (κ2) is 6.02. The van der Waals surface area contributed by atoms with Crippen LogP contribution in [0.5, 0.6) is 0 Å².